The molecule has 1 aromatic rings. The number of hydrogen-bond donors (Lipinski definition) is 1. The highest BCUT2D eigenvalue weighted by Gasteiger charge is 2.08. The van der Waals surface area contributed by atoms with Gasteiger partial charge in [0.2, 0.25) is 0 Å². The number of benzene rings is 1. The quantitative estimate of drug-likeness (QED) is 0.768. The van der Waals surface area contributed by atoms with Crippen molar-refractivity contribution in [3.8, 4) is 0 Å². The van der Waals surface area contributed by atoms with Crippen LogP contribution in [-0.2, 0) is 0 Å². The van der Waals surface area contributed by atoms with E-state index in [9.17, 15) is 9.18 Å². The first kappa shape index (κ1) is 13.8. The smallest absolute Gasteiger partial charge is 0.164 e. The fourth-order valence-corrected chi connectivity index (χ4v) is 1.61. The van der Waals surface area contributed by atoms with Crippen LogP contribution >= 0.6 is 0 Å². The van der Waals surface area contributed by atoms with Crippen molar-refractivity contribution in [2.75, 3.05) is 20.1 Å². The molecule has 1 atom stereocenters. The van der Waals surface area contributed by atoms with Gasteiger partial charge < -0.3 is 10.0 Å². The second-order valence-electron chi connectivity index (χ2n) is 4.29. The third-order valence-electron chi connectivity index (χ3n) is 2.46. The van der Waals surface area contributed by atoms with Crippen LogP contribution in [0.5, 0.6) is 0 Å². The molecule has 0 aliphatic carbocycles. The van der Waals surface area contributed by atoms with E-state index in [4.69, 9.17) is 5.11 Å². The number of aliphatic hydroxyl groups excluding tert-OH is 1. The molecule has 1 unspecified atom stereocenters. The highest BCUT2D eigenvalue weighted by atomic mass is 19.1. The van der Waals surface area contributed by atoms with Gasteiger partial charge in [-0.2, -0.15) is 0 Å². The summed E-state index contributed by atoms with van der Waals surface area (Å²) >= 11 is 0. The molecule has 0 saturated carbocycles. The molecule has 1 rings (SSSR count). The maximum absolute atomic E-state index is 12.7. The van der Waals surface area contributed by atoms with Crippen molar-refractivity contribution in [1.29, 1.82) is 0 Å². The molecular formula is C13H18FNO2. The molecule has 0 saturated heterocycles. The van der Waals surface area contributed by atoms with Crippen molar-refractivity contribution >= 4 is 5.78 Å². The summed E-state index contributed by atoms with van der Waals surface area (Å²) in [6.45, 7) is 2.83. The number of nitrogens with zero attached hydrogens (tertiary/aromatic N) is 1. The number of hydrogen-bond acceptors (Lipinski definition) is 3. The fraction of sp³-hybridized carbons (Fsp3) is 0.462. The van der Waals surface area contributed by atoms with Crippen LogP contribution in [0.25, 0.3) is 0 Å². The van der Waals surface area contributed by atoms with Crippen LogP contribution in [0.15, 0.2) is 24.3 Å². The van der Waals surface area contributed by atoms with Crippen LogP contribution in [-0.4, -0.2) is 42.0 Å². The predicted molar refractivity (Wildman–Crippen MR) is 64.5 cm³/mol. The minimum absolute atomic E-state index is 0.0116. The van der Waals surface area contributed by atoms with E-state index in [0.717, 1.165) is 0 Å². The van der Waals surface area contributed by atoms with Crippen LogP contribution in [0.4, 0.5) is 4.39 Å². The summed E-state index contributed by atoms with van der Waals surface area (Å²) in [5.41, 5.74) is 0.525. The topological polar surface area (TPSA) is 40.5 Å². The zero-order chi connectivity index (χ0) is 12.8. The summed E-state index contributed by atoms with van der Waals surface area (Å²) in [6, 6.07) is 5.55. The zero-order valence-corrected chi connectivity index (χ0v) is 10.2. The first-order chi connectivity index (χ1) is 7.99. The van der Waals surface area contributed by atoms with Gasteiger partial charge >= 0.3 is 0 Å². The minimum atomic E-state index is -0.402. The number of likely N-dealkylation sites (N-methyl/N-ethyl adjacent to an activating group) is 1. The molecule has 0 aliphatic heterocycles. The van der Waals surface area contributed by atoms with Crippen LogP contribution < -0.4 is 0 Å². The number of halogens is 1. The molecule has 3 nitrogen and oxygen atoms in total. The van der Waals surface area contributed by atoms with Crippen molar-refractivity contribution in [2.24, 2.45) is 0 Å². The van der Waals surface area contributed by atoms with E-state index in [-0.39, 0.29) is 11.6 Å². The zero-order valence-electron chi connectivity index (χ0n) is 10.2. The van der Waals surface area contributed by atoms with Gasteiger partial charge in [-0.3, -0.25) is 4.79 Å². The van der Waals surface area contributed by atoms with E-state index in [1.54, 1.807) is 6.92 Å². The number of ketones is 1. The van der Waals surface area contributed by atoms with E-state index < -0.39 is 6.10 Å². The van der Waals surface area contributed by atoms with Crippen molar-refractivity contribution in [3.63, 3.8) is 0 Å². The number of carbonyl (C=O) groups excluding carboxylic acids is 1. The first-order valence-corrected chi connectivity index (χ1v) is 5.64. The van der Waals surface area contributed by atoms with Gasteiger partial charge in [0.05, 0.1) is 6.10 Å². The Bertz CT molecular complexity index is 362. The molecule has 4 heteroatoms. The molecule has 94 valence electrons. The third kappa shape index (κ3) is 5.06. The predicted octanol–water partition coefficient (Wildman–Crippen LogP) is 1.71. The normalized spacial score (nSPS) is 12.8. The Balaban J connectivity index is 2.42. The van der Waals surface area contributed by atoms with Crippen molar-refractivity contribution in [1.82, 2.24) is 4.90 Å². The Labute approximate surface area is 101 Å². The average molecular weight is 239 g/mol. The lowest BCUT2D eigenvalue weighted by Gasteiger charge is -2.17. The van der Waals surface area contributed by atoms with Gasteiger partial charge in [-0.15, -0.1) is 0 Å². The van der Waals surface area contributed by atoms with Gasteiger partial charge in [0, 0.05) is 25.1 Å². The van der Waals surface area contributed by atoms with Gasteiger partial charge in [0.1, 0.15) is 5.82 Å². The minimum Gasteiger partial charge on any atom is -0.392 e. The van der Waals surface area contributed by atoms with E-state index in [0.29, 0.717) is 25.1 Å². The van der Waals surface area contributed by atoms with E-state index in [1.807, 2.05) is 11.9 Å². The van der Waals surface area contributed by atoms with Crippen molar-refractivity contribution in [2.45, 2.75) is 19.4 Å². The summed E-state index contributed by atoms with van der Waals surface area (Å²) in [7, 11) is 1.85. The van der Waals surface area contributed by atoms with Gasteiger partial charge in [-0.05, 0) is 38.2 Å². The largest absolute Gasteiger partial charge is 0.392 e. The van der Waals surface area contributed by atoms with Crippen molar-refractivity contribution < 1.29 is 14.3 Å². The third-order valence-corrected chi connectivity index (χ3v) is 2.46. The van der Waals surface area contributed by atoms with Crippen LogP contribution in [0.3, 0.4) is 0 Å². The monoisotopic (exact) mass is 239 g/mol. The number of aliphatic hydroxyl groups is 1. The molecule has 1 N–H and O–H groups in total. The SMILES string of the molecule is CC(O)CN(C)CCC(=O)c1ccc(F)cc1. The molecular weight excluding hydrogens is 221 g/mol. The Kier molecular flexibility index (Phi) is 5.25. The highest BCUT2D eigenvalue weighted by molar-refractivity contribution is 5.96. The molecule has 0 fully saturated rings. The summed E-state index contributed by atoms with van der Waals surface area (Å²) in [6.07, 6.45) is -0.0320. The lowest BCUT2D eigenvalue weighted by Crippen LogP contribution is -2.29. The maximum Gasteiger partial charge on any atom is 0.164 e. The van der Waals surface area contributed by atoms with Gasteiger partial charge in [0.25, 0.3) is 0 Å². The van der Waals surface area contributed by atoms with Crippen molar-refractivity contribution in [3.05, 3.63) is 35.6 Å². The lowest BCUT2D eigenvalue weighted by molar-refractivity contribution is 0.0948. The summed E-state index contributed by atoms with van der Waals surface area (Å²) in [5, 5.41) is 9.17. The first-order valence-electron chi connectivity index (χ1n) is 5.64. The van der Waals surface area contributed by atoms with E-state index in [2.05, 4.69) is 0 Å². The molecule has 0 aliphatic rings. The lowest BCUT2D eigenvalue weighted by atomic mass is 10.1. The van der Waals surface area contributed by atoms with E-state index in [1.165, 1.54) is 24.3 Å². The van der Waals surface area contributed by atoms with Gasteiger partial charge in [-0.25, -0.2) is 4.39 Å². The second kappa shape index (κ2) is 6.47. The molecule has 0 heterocycles. The number of rotatable bonds is 6. The van der Waals surface area contributed by atoms with Crippen LogP contribution in [0.1, 0.15) is 23.7 Å². The molecule has 0 radical (unpaired) electrons. The highest BCUT2D eigenvalue weighted by Crippen LogP contribution is 2.06. The van der Waals surface area contributed by atoms with Gasteiger partial charge in [-0.1, -0.05) is 0 Å². The molecule has 0 aromatic heterocycles. The Morgan fingerprint density at radius 3 is 2.53 bits per heavy atom. The summed E-state index contributed by atoms with van der Waals surface area (Å²) < 4.78 is 12.7. The summed E-state index contributed by atoms with van der Waals surface area (Å²) in [5.74, 6) is -0.352. The molecule has 0 amide bonds. The number of carbonyl (C=O) groups is 1. The number of Topliss-reactive ketones (excluding diaryl/α,β-unsaturated/α-hetero) is 1. The molecule has 0 spiro atoms. The molecule has 17 heavy (non-hydrogen) atoms. The Hall–Kier alpha value is -1.26. The van der Waals surface area contributed by atoms with Crippen LogP contribution in [0.2, 0.25) is 0 Å². The Morgan fingerprint density at radius 1 is 1.41 bits per heavy atom. The van der Waals surface area contributed by atoms with E-state index >= 15 is 0 Å². The standard InChI is InChI=1S/C13H18FNO2/c1-10(16)9-15(2)8-7-13(17)11-3-5-12(14)6-4-11/h3-6,10,16H,7-9H2,1-2H3. The van der Waals surface area contributed by atoms with Gasteiger partial charge in [0.15, 0.2) is 5.78 Å². The Morgan fingerprint density at radius 2 is 2.00 bits per heavy atom. The fourth-order valence-electron chi connectivity index (χ4n) is 1.61. The summed E-state index contributed by atoms with van der Waals surface area (Å²) in [4.78, 5) is 13.6. The second-order valence-corrected chi connectivity index (χ2v) is 4.29. The van der Waals surface area contributed by atoms with Crippen LogP contribution in [0, 0.1) is 5.82 Å². The molecule has 1 aromatic carbocycles. The average Bonchev–Trinajstić information content (AvgIpc) is 2.26. The molecule has 0 bridgehead atoms. The maximum atomic E-state index is 12.7.